The van der Waals surface area contributed by atoms with E-state index in [0.29, 0.717) is 0 Å². The normalized spacial score (nSPS) is 11.8. The average Bonchev–Trinajstić information content (AvgIpc) is 2.28. The van der Waals surface area contributed by atoms with Gasteiger partial charge in [-0.25, -0.2) is 17.5 Å². The number of sulfonamides is 1. The lowest BCUT2D eigenvalue weighted by molar-refractivity contribution is 0.305. The molecule has 0 amide bonds. The Bertz CT molecular complexity index is 637. The summed E-state index contributed by atoms with van der Waals surface area (Å²) in [7, 11) is -3.76. The Morgan fingerprint density at radius 3 is 2.50 bits per heavy atom. The molecule has 0 spiro atoms. The van der Waals surface area contributed by atoms with Crippen molar-refractivity contribution in [1.29, 1.82) is 0 Å². The molecule has 20 heavy (non-hydrogen) atoms. The van der Waals surface area contributed by atoms with Crippen LogP contribution in [-0.4, -0.2) is 25.7 Å². The second kappa shape index (κ2) is 6.35. The molecule has 0 bridgehead atoms. The maximum absolute atomic E-state index is 13.8. The summed E-state index contributed by atoms with van der Waals surface area (Å²) in [4.78, 5) is -0.141. The Kier molecular flexibility index (Phi) is 5.28. The highest BCUT2D eigenvalue weighted by molar-refractivity contribution is 7.89. The summed E-state index contributed by atoms with van der Waals surface area (Å²) in [6.07, 6.45) is 0.241. The SMILES string of the molecule is CC(C)(C)NS(=O)(=O)c1ccc(C#CCCO)c(F)c1. The van der Waals surface area contributed by atoms with E-state index >= 15 is 0 Å². The molecule has 0 fully saturated rings. The van der Waals surface area contributed by atoms with Crippen LogP contribution in [0.3, 0.4) is 0 Å². The fraction of sp³-hybridized carbons (Fsp3) is 0.429. The van der Waals surface area contributed by atoms with Crippen LogP contribution in [0.2, 0.25) is 0 Å². The van der Waals surface area contributed by atoms with Gasteiger partial charge in [-0.15, -0.1) is 0 Å². The number of benzene rings is 1. The first-order valence-electron chi connectivity index (χ1n) is 6.09. The number of aliphatic hydroxyl groups excluding tert-OH is 1. The summed E-state index contributed by atoms with van der Waals surface area (Å²) >= 11 is 0. The van der Waals surface area contributed by atoms with Gasteiger partial charge in [-0.1, -0.05) is 11.8 Å². The molecule has 0 aliphatic carbocycles. The van der Waals surface area contributed by atoms with Crippen molar-refractivity contribution in [1.82, 2.24) is 4.72 Å². The lowest BCUT2D eigenvalue weighted by Gasteiger charge is -2.20. The molecule has 0 heterocycles. The molecule has 0 saturated carbocycles. The zero-order chi connectivity index (χ0) is 15.4. The van der Waals surface area contributed by atoms with Crippen LogP contribution in [0.25, 0.3) is 0 Å². The summed E-state index contributed by atoms with van der Waals surface area (Å²) in [5.41, 5.74) is -0.539. The molecule has 0 aliphatic heterocycles. The van der Waals surface area contributed by atoms with Gasteiger partial charge in [-0.2, -0.15) is 0 Å². The standard InChI is InChI=1S/C14H18FNO3S/c1-14(2,3)16-20(18,19)12-8-7-11(13(15)10-12)6-4-5-9-17/h7-8,10,16-17H,5,9H2,1-3H3. The van der Waals surface area contributed by atoms with Crippen molar-refractivity contribution >= 4 is 10.0 Å². The summed E-state index contributed by atoms with van der Waals surface area (Å²) in [6.45, 7) is 5.01. The number of hydrogen-bond acceptors (Lipinski definition) is 3. The minimum Gasteiger partial charge on any atom is -0.395 e. The molecule has 0 unspecified atom stereocenters. The first-order valence-corrected chi connectivity index (χ1v) is 7.57. The van der Waals surface area contributed by atoms with E-state index in [2.05, 4.69) is 16.6 Å². The van der Waals surface area contributed by atoms with Crippen LogP contribution in [0.1, 0.15) is 32.8 Å². The monoisotopic (exact) mass is 299 g/mol. The van der Waals surface area contributed by atoms with Crippen molar-refractivity contribution in [3.63, 3.8) is 0 Å². The van der Waals surface area contributed by atoms with Gasteiger partial charge in [0.2, 0.25) is 10.0 Å². The zero-order valence-electron chi connectivity index (χ0n) is 11.7. The van der Waals surface area contributed by atoms with Crippen molar-refractivity contribution < 1.29 is 17.9 Å². The van der Waals surface area contributed by atoms with Gasteiger partial charge in [0.1, 0.15) is 5.82 Å². The Morgan fingerprint density at radius 2 is 2.00 bits per heavy atom. The summed E-state index contributed by atoms with van der Waals surface area (Å²) in [5, 5.41) is 8.59. The van der Waals surface area contributed by atoms with Crippen LogP contribution in [-0.2, 0) is 10.0 Å². The Labute approximate surface area is 119 Å². The van der Waals surface area contributed by atoms with Gasteiger partial charge in [0.15, 0.2) is 0 Å². The minimum atomic E-state index is -3.76. The number of halogens is 1. The van der Waals surface area contributed by atoms with E-state index in [0.717, 1.165) is 6.07 Å². The highest BCUT2D eigenvalue weighted by atomic mass is 32.2. The van der Waals surface area contributed by atoms with E-state index in [-0.39, 0.29) is 23.5 Å². The molecule has 6 heteroatoms. The van der Waals surface area contributed by atoms with E-state index in [1.165, 1.54) is 12.1 Å². The predicted molar refractivity (Wildman–Crippen MR) is 75.1 cm³/mol. The van der Waals surface area contributed by atoms with Crippen LogP contribution in [0.4, 0.5) is 4.39 Å². The highest BCUT2D eigenvalue weighted by Gasteiger charge is 2.22. The minimum absolute atomic E-state index is 0.101. The van der Waals surface area contributed by atoms with E-state index in [1.807, 2.05) is 0 Å². The van der Waals surface area contributed by atoms with E-state index < -0.39 is 21.4 Å². The van der Waals surface area contributed by atoms with Gasteiger partial charge in [-0.3, -0.25) is 0 Å². The molecule has 0 atom stereocenters. The lowest BCUT2D eigenvalue weighted by atomic mass is 10.1. The molecule has 2 N–H and O–H groups in total. The van der Waals surface area contributed by atoms with Gasteiger partial charge >= 0.3 is 0 Å². The molecule has 1 aromatic rings. The van der Waals surface area contributed by atoms with Crippen LogP contribution >= 0.6 is 0 Å². The predicted octanol–water partition coefficient (Wildman–Crippen LogP) is 1.64. The van der Waals surface area contributed by atoms with E-state index in [9.17, 15) is 12.8 Å². The van der Waals surface area contributed by atoms with Crippen LogP contribution in [0, 0.1) is 17.7 Å². The van der Waals surface area contributed by atoms with Gasteiger partial charge in [0.25, 0.3) is 0 Å². The molecule has 1 aromatic carbocycles. The molecule has 1 rings (SSSR count). The second-order valence-corrected chi connectivity index (χ2v) is 6.95. The molecule has 0 aromatic heterocycles. The Balaban J connectivity index is 3.07. The van der Waals surface area contributed by atoms with E-state index in [4.69, 9.17) is 5.11 Å². The van der Waals surface area contributed by atoms with Gasteiger partial charge in [0, 0.05) is 12.0 Å². The maximum atomic E-state index is 13.8. The van der Waals surface area contributed by atoms with Crippen molar-refractivity contribution in [2.45, 2.75) is 37.6 Å². The Morgan fingerprint density at radius 1 is 1.35 bits per heavy atom. The highest BCUT2D eigenvalue weighted by Crippen LogP contribution is 2.16. The van der Waals surface area contributed by atoms with E-state index in [1.54, 1.807) is 20.8 Å². The lowest BCUT2D eigenvalue weighted by Crippen LogP contribution is -2.40. The molecule has 0 saturated heterocycles. The molecule has 110 valence electrons. The smallest absolute Gasteiger partial charge is 0.241 e. The molecular weight excluding hydrogens is 281 g/mol. The summed E-state index contributed by atoms with van der Waals surface area (Å²) in [5.74, 6) is 4.42. The van der Waals surface area contributed by atoms with Gasteiger partial charge in [0.05, 0.1) is 17.1 Å². The number of hydrogen-bond donors (Lipinski definition) is 2. The average molecular weight is 299 g/mol. The molecule has 0 radical (unpaired) electrons. The first kappa shape index (κ1) is 16.6. The molecule has 4 nitrogen and oxygen atoms in total. The number of nitrogens with one attached hydrogen (secondary N) is 1. The number of rotatable bonds is 3. The third-order valence-electron chi connectivity index (χ3n) is 2.15. The zero-order valence-corrected chi connectivity index (χ0v) is 12.5. The maximum Gasteiger partial charge on any atom is 0.241 e. The second-order valence-electron chi connectivity index (χ2n) is 5.27. The van der Waals surface area contributed by atoms with Crippen molar-refractivity contribution in [2.24, 2.45) is 0 Å². The molecular formula is C14H18FNO3S. The summed E-state index contributed by atoms with van der Waals surface area (Å²) in [6, 6.07) is 3.56. The molecule has 0 aliphatic rings. The van der Waals surface area contributed by atoms with Crippen LogP contribution in [0.5, 0.6) is 0 Å². The van der Waals surface area contributed by atoms with Crippen molar-refractivity contribution in [2.75, 3.05) is 6.61 Å². The number of aliphatic hydroxyl groups is 1. The summed E-state index contributed by atoms with van der Waals surface area (Å²) < 4.78 is 40.3. The third kappa shape index (κ3) is 4.93. The topological polar surface area (TPSA) is 66.4 Å². The quantitative estimate of drug-likeness (QED) is 0.834. The largest absolute Gasteiger partial charge is 0.395 e. The van der Waals surface area contributed by atoms with Gasteiger partial charge < -0.3 is 5.11 Å². The van der Waals surface area contributed by atoms with Crippen LogP contribution < -0.4 is 4.72 Å². The fourth-order valence-corrected chi connectivity index (χ4v) is 2.87. The third-order valence-corrected chi connectivity index (χ3v) is 3.91. The van der Waals surface area contributed by atoms with Crippen LogP contribution in [0.15, 0.2) is 23.1 Å². The van der Waals surface area contributed by atoms with Crippen molar-refractivity contribution in [3.05, 3.63) is 29.6 Å². The van der Waals surface area contributed by atoms with Gasteiger partial charge in [-0.05, 0) is 39.0 Å². The first-order chi connectivity index (χ1) is 9.15. The Hall–Kier alpha value is -1.42. The van der Waals surface area contributed by atoms with Crippen molar-refractivity contribution in [3.8, 4) is 11.8 Å². The fourth-order valence-electron chi connectivity index (χ4n) is 1.44.